The molecule has 1 saturated heterocycles. The molecule has 0 aromatic carbocycles. The summed E-state index contributed by atoms with van der Waals surface area (Å²) >= 11 is 0. The molecule has 2 atom stereocenters. The van der Waals surface area contributed by atoms with Crippen LogP contribution in [-0.4, -0.2) is 12.7 Å². The van der Waals surface area contributed by atoms with Crippen molar-refractivity contribution < 1.29 is 4.74 Å². The van der Waals surface area contributed by atoms with Gasteiger partial charge in [0.25, 0.3) is 0 Å². The molecule has 68 valence electrons. The zero-order valence-electron chi connectivity index (χ0n) is 8.39. The lowest BCUT2D eigenvalue weighted by atomic mass is 9.93. The van der Waals surface area contributed by atoms with Crippen molar-refractivity contribution in [3.63, 3.8) is 0 Å². The molecule has 1 aliphatic rings. The van der Waals surface area contributed by atoms with Crippen LogP contribution < -0.4 is 0 Å². The third kappa shape index (κ3) is 3.76. The maximum Gasteiger partial charge on any atom is 0.0575 e. The fourth-order valence-electron chi connectivity index (χ4n) is 1.52. The van der Waals surface area contributed by atoms with E-state index in [-0.39, 0.29) is 0 Å². The van der Waals surface area contributed by atoms with Gasteiger partial charge in [0.2, 0.25) is 0 Å². The minimum atomic E-state index is 0.517. The molecule has 1 heterocycles. The Morgan fingerprint density at radius 3 is 2.36 bits per heavy atom. The van der Waals surface area contributed by atoms with Crippen LogP contribution in [0.5, 0.6) is 0 Å². The van der Waals surface area contributed by atoms with E-state index in [1.165, 1.54) is 19.3 Å². The van der Waals surface area contributed by atoms with Crippen LogP contribution in [0.3, 0.4) is 0 Å². The molecular formula is C10H22O. The molecule has 0 saturated carbocycles. The van der Waals surface area contributed by atoms with Crippen LogP contribution in [-0.2, 0) is 4.74 Å². The third-order valence-corrected chi connectivity index (χ3v) is 2.29. The first-order valence-corrected chi connectivity index (χ1v) is 4.96. The SMILES string of the molecule is CC.CCC1CCCOC1C. The van der Waals surface area contributed by atoms with Gasteiger partial charge in [-0.15, -0.1) is 0 Å². The fraction of sp³-hybridized carbons (Fsp3) is 1.00. The summed E-state index contributed by atoms with van der Waals surface area (Å²) in [5.74, 6) is 0.832. The largest absolute Gasteiger partial charge is 0.378 e. The second kappa shape index (κ2) is 6.66. The smallest absolute Gasteiger partial charge is 0.0575 e. The van der Waals surface area contributed by atoms with Gasteiger partial charge in [-0.1, -0.05) is 27.2 Å². The van der Waals surface area contributed by atoms with Crippen LogP contribution in [0.15, 0.2) is 0 Å². The summed E-state index contributed by atoms with van der Waals surface area (Å²) in [5, 5.41) is 0. The molecule has 1 fully saturated rings. The molecule has 0 N–H and O–H groups in total. The van der Waals surface area contributed by atoms with Gasteiger partial charge in [0, 0.05) is 6.61 Å². The summed E-state index contributed by atoms with van der Waals surface area (Å²) in [5.41, 5.74) is 0. The van der Waals surface area contributed by atoms with Gasteiger partial charge in [0.1, 0.15) is 0 Å². The zero-order chi connectivity index (χ0) is 8.69. The first kappa shape index (κ1) is 11.0. The molecule has 11 heavy (non-hydrogen) atoms. The Morgan fingerprint density at radius 2 is 2.00 bits per heavy atom. The van der Waals surface area contributed by atoms with Gasteiger partial charge >= 0.3 is 0 Å². The maximum atomic E-state index is 5.48. The van der Waals surface area contributed by atoms with E-state index in [4.69, 9.17) is 4.74 Å². The van der Waals surface area contributed by atoms with Crippen LogP contribution in [0, 0.1) is 5.92 Å². The summed E-state index contributed by atoms with van der Waals surface area (Å²) < 4.78 is 5.48. The van der Waals surface area contributed by atoms with Gasteiger partial charge in [0.15, 0.2) is 0 Å². The van der Waals surface area contributed by atoms with E-state index in [1.807, 2.05) is 13.8 Å². The summed E-state index contributed by atoms with van der Waals surface area (Å²) in [6.07, 6.45) is 4.44. The van der Waals surface area contributed by atoms with Gasteiger partial charge in [-0.25, -0.2) is 0 Å². The van der Waals surface area contributed by atoms with Crippen molar-refractivity contribution in [1.82, 2.24) is 0 Å². The molecule has 0 radical (unpaired) electrons. The van der Waals surface area contributed by atoms with Crippen molar-refractivity contribution >= 4 is 0 Å². The third-order valence-electron chi connectivity index (χ3n) is 2.29. The quantitative estimate of drug-likeness (QED) is 0.569. The Morgan fingerprint density at radius 1 is 1.36 bits per heavy atom. The second-order valence-corrected chi connectivity index (χ2v) is 2.89. The van der Waals surface area contributed by atoms with E-state index in [0.717, 1.165) is 12.5 Å². The lowest BCUT2D eigenvalue weighted by Gasteiger charge is -2.27. The first-order chi connectivity index (χ1) is 5.34. The highest BCUT2D eigenvalue weighted by Gasteiger charge is 2.19. The molecule has 1 nitrogen and oxygen atoms in total. The fourth-order valence-corrected chi connectivity index (χ4v) is 1.52. The van der Waals surface area contributed by atoms with Crippen LogP contribution in [0.4, 0.5) is 0 Å². The predicted molar refractivity (Wildman–Crippen MR) is 49.8 cm³/mol. The van der Waals surface area contributed by atoms with Crippen molar-refractivity contribution in [1.29, 1.82) is 0 Å². The number of rotatable bonds is 1. The summed E-state index contributed by atoms with van der Waals surface area (Å²) in [6.45, 7) is 9.42. The van der Waals surface area contributed by atoms with Gasteiger partial charge in [-0.3, -0.25) is 0 Å². The monoisotopic (exact) mass is 158 g/mol. The summed E-state index contributed by atoms with van der Waals surface area (Å²) in [6, 6.07) is 0. The van der Waals surface area contributed by atoms with E-state index >= 15 is 0 Å². The summed E-state index contributed by atoms with van der Waals surface area (Å²) in [4.78, 5) is 0. The van der Waals surface area contributed by atoms with Crippen molar-refractivity contribution in [3.05, 3.63) is 0 Å². The van der Waals surface area contributed by atoms with Crippen LogP contribution in [0.2, 0.25) is 0 Å². The number of hydrogen-bond acceptors (Lipinski definition) is 1. The molecular weight excluding hydrogens is 136 g/mol. The first-order valence-electron chi connectivity index (χ1n) is 4.96. The predicted octanol–water partition coefficient (Wildman–Crippen LogP) is 3.24. The molecule has 0 aliphatic carbocycles. The lowest BCUT2D eigenvalue weighted by molar-refractivity contribution is -0.0154. The molecule has 0 aromatic heterocycles. The normalized spacial score (nSPS) is 30.5. The van der Waals surface area contributed by atoms with E-state index in [1.54, 1.807) is 0 Å². The van der Waals surface area contributed by atoms with E-state index < -0.39 is 0 Å². The van der Waals surface area contributed by atoms with Crippen molar-refractivity contribution in [2.45, 2.75) is 53.1 Å². The standard InChI is InChI=1S/C8H16O.C2H6/c1-3-8-5-4-6-9-7(8)2;1-2/h7-8H,3-6H2,1-2H3;1-2H3. The maximum absolute atomic E-state index is 5.48. The number of hydrogen-bond donors (Lipinski definition) is 0. The molecule has 1 rings (SSSR count). The Kier molecular flexibility index (Phi) is 6.63. The second-order valence-electron chi connectivity index (χ2n) is 2.89. The van der Waals surface area contributed by atoms with Gasteiger partial charge in [-0.2, -0.15) is 0 Å². The van der Waals surface area contributed by atoms with Gasteiger partial charge in [-0.05, 0) is 25.7 Å². The number of ether oxygens (including phenoxy) is 1. The minimum absolute atomic E-state index is 0.517. The van der Waals surface area contributed by atoms with Crippen molar-refractivity contribution in [2.24, 2.45) is 5.92 Å². The average Bonchev–Trinajstić information content (AvgIpc) is 2.09. The van der Waals surface area contributed by atoms with Gasteiger partial charge < -0.3 is 4.74 Å². The zero-order valence-corrected chi connectivity index (χ0v) is 8.39. The van der Waals surface area contributed by atoms with Crippen molar-refractivity contribution in [2.75, 3.05) is 6.61 Å². The highest BCUT2D eigenvalue weighted by molar-refractivity contribution is 4.68. The van der Waals surface area contributed by atoms with Gasteiger partial charge in [0.05, 0.1) is 6.10 Å². The molecule has 1 aliphatic heterocycles. The molecule has 0 spiro atoms. The molecule has 2 unspecified atom stereocenters. The summed E-state index contributed by atoms with van der Waals surface area (Å²) in [7, 11) is 0. The Hall–Kier alpha value is -0.0400. The van der Waals surface area contributed by atoms with E-state index in [0.29, 0.717) is 6.10 Å². The Labute approximate surface area is 71.1 Å². The molecule has 0 bridgehead atoms. The lowest BCUT2D eigenvalue weighted by Crippen LogP contribution is -2.25. The Balaban J connectivity index is 0.000000461. The minimum Gasteiger partial charge on any atom is -0.378 e. The van der Waals surface area contributed by atoms with Crippen molar-refractivity contribution in [3.8, 4) is 0 Å². The molecule has 0 amide bonds. The highest BCUT2D eigenvalue weighted by Crippen LogP contribution is 2.22. The van der Waals surface area contributed by atoms with Crippen LogP contribution in [0.1, 0.15) is 47.0 Å². The molecule has 1 heteroatoms. The van der Waals surface area contributed by atoms with Crippen LogP contribution in [0.25, 0.3) is 0 Å². The topological polar surface area (TPSA) is 9.23 Å². The molecule has 0 aromatic rings. The van der Waals surface area contributed by atoms with E-state index in [2.05, 4.69) is 13.8 Å². The average molecular weight is 158 g/mol. The van der Waals surface area contributed by atoms with Crippen LogP contribution >= 0.6 is 0 Å². The Bertz CT molecular complexity index is 80.9. The highest BCUT2D eigenvalue weighted by atomic mass is 16.5. The van der Waals surface area contributed by atoms with E-state index in [9.17, 15) is 0 Å².